The van der Waals surface area contributed by atoms with E-state index >= 15 is 0 Å². The topological polar surface area (TPSA) is 20.2 Å². The molecule has 1 nitrogen and oxygen atoms in total. The van der Waals surface area contributed by atoms with Crippen molar-refractivity contribution in [3.63, 3.8) is 0 Å². The summed E-state index contributed by atoms with van der Waals surface area (Å²) in [5.41, 5.74) is 0. The van der Waals surface area contributed by atoms with E-state index in [-0.39, 0.29) is 0 Å². The Morgan fingerprint density at radius 2 is 1.44 bits per heavy atom. The summed E-state index contributed by atoms with van der Waals surface area (Å²) in [5.74, 6) is 2.43. The molecule has 0 heterocycles. The lowest BCUT2D eigenvalue weighted by atomic mass is 9.99. The third kappa shape index (κ3) is 12.7. The van der Waals surface area contributed by atoms with Crippen LogP contribution in [0.3, 0.4) is 0 Å². The predicted molar refractivity (Wildman–Crippen MR) is 81.0 cm³/mol. The number of aliphatic hydroxyl groups excluding tert-OH is 1. The van der Waals surface area contributed by atoms with Crippen LogP contribution >= 0.6 is 31.9 Å². The Labute approximate surface area is 118 Å². The third-order valence-corrected chi connectivity index (χ3v) is 3.40. The summed E-state index contributed by atoms with van der Waals surface area (Å²) in [7, 11) is 0. The molecule has 0 unspecified atom stereocenters. The normalized spacial score (nSPS) is 14.2. The van der Waals surface area contributed by atoms with Crippen molar-refractivity contribution >= 4 is 31.9 Å². The molecule has 0 saturated heterocycles. The van der Waals surface area contributed by atoms with Gasteiger partial charge < -0.3 is 5.11 Å². The molecule has 0 aromatic rings. The summed E-state index contributed by atoms with van der Waals surface area (Å²) in [5, 5.41) is 8.51. The molecule has 0 saturated carbocycles. The second-order valence-corrected chi connectivity index (χ2v) is 7.74. The first kappa shape index (κ1) is 19.0. The maximum Gasteiger partial charge on any atom is 0.0567 e. The third-order valence-electron chi connectivity index (χ3n) is 2.87. The van der Waals surface area contributed by atoms with Gasteiger partial charge in [0, 0.05) is 6.61 Å². The van der Waals surface area contributed by atoms with Crippen molar-refractivity contribution in [2.45, 2.75) is 41.5 Å². The van der Waals surface area contributed by atoms with Gasteiger partial charge in [-0.15, -0.1) is 0 Å². The molecule has 2 atom stereocenters. The molecule has 0 amide bonds. The second-order valence-electron chi connectivity index (χ2n) is 4.96. The highest BCUT2D eigenvalue weighted by Crippen LogP contribution is 2.20. The number of hydrogen-bond acceptors (Lipinski definition) is 1. The van der Waals surface area contributed by atoms with Crippen LogP contribution in [0.25, 0.3) is 0 Å². The fourth-order valence-corrected chi connectivity index (χ4v) is 1.44. The highest BCUT2D eigenvalue weighted by atomic mass is 79.9. The molecule has 0 fully saturated rings. The van der Waals surface area contributed by atoms with Crippen LogP contribution in [0.2, 0.25) is 0 Å². The smallest absolute Gasteiger partial charge is 0.0567 e. The molecule has 0 aromatic carbocycles. The molecule has 16 heavy (non-hydrogen) atoms. The van der Waals surface area contributed by atoms with Gasteiger partial charge in [0.05, 0.1) is 3.39 Å². The summed E-state index contributed by atoms with van der Waals surface area (Å²) in [6.45, 7) is 13.2. The van der Waals surface area contributed by atoms with Crippen molar-refractivity contribution < 1.29 is 5.11 Å². The van der Waals surface area contributed by atoms with Crippen LogP contribution in [0.1, 0.15) is 41.5 Å². The van der Waals surface area contributed by atoms with E-state index in [4.69, 9.17) is 5.11 Å². The molecule has 0 bridgehead atoms. The molecule has 0 spiro atoms. The van der Waals surface area contributed by atoms with Crippen LogP contribution < -0.4 is 0 Å². The van der Waals surface area contributed by atoms with E-state index in [1.165, 1.54) is 0 Å². The Morgan fingerprint density at radius 3 is 1.50 bits per heavy atom. The fraction of sp³-hybridized carbons (Fsp3) is 0.846. The lowest BCUT2D eigenvalue weighted by molar-refractivity contribution is 0.203. The highest BCUT2D eigenvalue weighted by molar-refractivity contribution is 9.28. The average Bonchev–Trinajstić information content (AvgIpc) is 2.16. The quantitative estimate of drug-likeness (QED) is 0.734. The molecular weight excluding hydrogens is 332 g/mol. The van der Waals surface area contributed by atoms with Gasteiger partial charge in [-0.3, -0.25) is 0 Å². The van der Waals surface area contributed by atoms with Crippen LogP contribution in [0.5, 0.6) is 0 Å². The van der Waals surface area contributed by atoms with E-state index in [9.17, 15) is 0 Å². The van der Waals surface area contributed by atoms with E-state index in [1.54, 1.807) is 0 Å². The van der Waals surface area contributed by atoms with Gasteiger partial charge >= 0.3 is 0 Å². The predicted octanol–water partition coefficient (Wildman–Crippen LogP) is 5.18. The van der Waals surface area contributed by atoms with E-state index in [1.807, 2.05) is 6.92 Å². The van der Waals surface area contributed by atoms with E-state index in [2.05, 4.69) is 72.6 Å². The number of halogens is 2. The maximum absolute atomic E-state index is 8.51. The van der Waals surface area contributed by atoms with Crippen LogP contribution in [0.4, 0.5) is 0 Å². The standard InChI is InChI=1S/C7H12Br2.C6H14O/c1-5(2)6(3)4-7(8)9;1-5(2)6(3)4-7/h4-6H,1-3H3;5-7H,4H2,1-3H3/t2*6-/m11/s1. The summed E-state index contributed by atoms with van der Waals surface area (Å²) < 4.78 is 1.05. The Kier molecular flexibility index (Phi) is 12.8. The molecule has 3 heteroatoms. The Bertz CT molecular complexity index is 184. The van der Waals surface area contributed by atoms with Crippen molar-refractivity contribution in [1.82, 2.24) is 0 Å². The van der Waals surface area contributed by atoms with Gasteiger partial charge in [0.25, 0.3) is 0 Å². The Balaban J connectivity index is 0. The molecule has 0 aliphatic rings. The van der Waals surface area contributed by atoms with Gasteiger partial charge in [-0.2, -0.15) is 0 Å². The van der Waals surface area contributed by atoms with Crippen LogP contribution in [0, 0.1) is 23.7 Å². The second kappa shape index (κ2) is 10.8. The molecule has 0 radical (unpaired) electrons. The maximum atomic E-state index is 8.51. The van der Waals surface area contributed by atoms with Gasteiger partial charge in [-0.1, -0.05) is 47.6 Å². The van der Waals surface area contributed by atoms with Gasteiger partial charge in [0.15, 0.2) is 0 Å². The van der Waals surface area contributed by atoms with Crippen molar-refractivity contribution in [3.05, 3.63) is 9.47 Å². The van der Waals surface area contributed by atoms with E-state index in [0.717, 1.165) is 9.31 Å². The molecule has 0 aliphatic heterocycles. The van der Waals surface area contributed by atoms with E-state index < -0.39 is 0 Å². The Hall–Kier alpha value is 0.660. The van der Waals surface area contributed by atoms with Crippen LogP contribution in [-0.4, -0.2) is 11.7 Å². The first-order valence-corrected chi connectivity index (χ1v) is 7.44. The summed E-state index contributed by atoms with van der Waals surface area (Å²) >= 11 is 6.64. The number of rotatable bonds is 4. The zero-order valence-electron chi connectivity index (χ0n) is 11.3. The fourth-order valence-electron chi connectivity index (χ4n) is 0.602. The molecule has 98 valence electrons. The summed E-state index contributed by atoms with van der Waals surface area (Å²) in [6.07, 6.45) is 2.16. The van der Waals surface area contributed by atoms with E-state index in [0.29, 0.717) is 24.4 Å². The summed E-state index contributed by atoms with van der Waals surface area (Å²) in [4.78, 5) is 0. The molecule has 0 aliphatic carbocycles. The van der Waals surface area contributed by atoms with Crippen LogP contribution in [-0.2, 0) is 0 Å². The van der Waals surface area contributed by atoms with Crippen molar-refractivity contribution in [3.8, 4) is 0 Å². The largest absolute Gasteiger partial charge is 0.396 e. The zero-order valence-corrected chi connectivity index (χ0v) is 14.5. The van der Waals surface area contributed by atoms with Gasteiger partial charge in [-0.05, 0) is 55.5 Å². The van der Waals surface area contributed by atoms with Crippen molar-refractivity contribution in [1.29, 1.82) is 0 Å². The Morgan fingerprint density at radius 1 is 1.00 bits per heavy atom. The highest BCUT2D eigenvalue weighted by Gasteiger charge is 2.03. The van der Waals surface area contributed by atoms with Gasteiger partial charge in [0.1, 0.15) is 0 Å². The van der Waals surface area contributed by atoms with Crippen molar-refractivity contribution in [2.24, 2.45) is 23.7 Å². The molecule has 0 rings (SSSR count). The molecule has 0 aromatic heterocycles. The van der Waals surface area contributed by atoms with Crippen LogP contribution in [0.15, 0.2) is 9.47 Å². The lowest BCUT2D eigenvalue weighted by Crippen LogP contribution is -2.07. The molecular formula is C13H26Br2O. The van der Waals surface area contributed by atoms with Gasteiger partial charge in [0.2, 0.25) is 0 Å². The first-order chi connectivity index (χ1) is 7.22. The summed E-state index contributed by atoms with van der Waals surface area (Å²) in [6, 6.07) is 0. The SMILES string of the molecule is CC(C)[C@H](C)C=C(Br)Br.CC(C)[C@H](C)CO. The van der Waals surface area contributed by atoms with Crippen molar-refractivity contribution in [2.75, 3.05) is 6.61 Å². The first-order valence-electron chi connectivity index (χ1n) is 5.86. The minimum atomic E-state index is 0.317. The zero-order chi connectivity index (χ0) is 13.3. The van der Waals surface area contributed by atoms with Gasteiger partial charge in [-0.25, -0.2) is 0 Å². The minimum absolute atomic E-state index is 0.317. The number of aliphatic hydroxyl groups is 1. The monoisotopic (exact) mass is 356 g/mol. The lowest BCUT2D eigenvalue weighted by Gasteiger charge is -2.09. The number of allylic oxidation sites excluding steroid dienone is 1. The number of hydrogen-bond donors (Lipinski definition) is 1. The molecule has 1 N–H and O–H groups in total. The average molecular weight is 358 g/mol. The minimum Gasteiger partial charge on any atom is -0.396 e.